The summed E-state index contributed by atoms with van der Waals surface area (Å²) >= 11 is 5.91. The molecule has 0 aliphatic rings. The average Bonchev–Trinajstić information content (AvgIpc) is 2.39. The van der Waals surface area contributed by atoms with Crippen molar-refractivity contribution in [2.75, 3.05) is 5.75 Å². The van der Waals surface area contributed by atoms with E-state index in [4.69, 9.17) is 9.90 Å². The third kappa shape index (κ3) is 7.63. The van der Waals surface area contributed by atoms with Crippen molar-refractivity contribution in [3.63, 3.8) is 0 Å². The van der Waals surface area contributed by atoms with Crippen molar-refractivity contribution in [1.82, 2.24) is 0 Å². The van der Waals surface area contributed by atoms with Gasteiger partial charge in [-0.1, -0.05) is 6.07 Å². The lowest BCUT2D eigenvalue weighted by Gasteiger charge is -1.85. The summed E-state index contributed by atoms with van der Waals surface area (Å²) in [5.41, 5.74) is 0. The molecule has 0 atom stereocenters. The second-order valence-electron chi connectivity index (χ2n) is 2.07. The van der Waals surface area contributed by atoms with Gasteiger partial charge in [0.2, 0.25) is 0 Å². The van der Waals surface area contributed by atoms with Gasteiger partial charge in [0, 0.05) is 11.8 Å². The Hall–Kier alpha value is -0.480. The summed E-state index contributed by atoms with van der Waals surface area (Å²) < 4.78 is 0. The van der Waals surface area contributed by atoms with Gasteiger partial charge in [0.15, 0.2) is 0 Å². The van der Waals surface area contributed by atoms with E-state index in [2.05, 4.69) is 30.1 Å². The molecular formula is C8H12O2S2. The predicted molar refractivity (Wildman–Crippen MR) is 55.2 cm³/mol. The van der Waals surface area contributed by atoms with E-state index in [1.54, 1.807) is 11.3 Å². The molecule has 0 saturated heterocycles. The highest BCUT2D eigenvalue weighted by atomic mass is 32.1. The number of rotatable bonds is 2. The van der Waals surface area contributed by atoms with Gasteiger partial charge in [-0.15, -0.1) is 11.3 Å². The van der Waals surface area contributed by atoms with Crippen LogP contribution in [0.1, 0.15) is 11.8 Å². The van der Waals surface area contributed by atoms with Crippen LogP contribution in [0.5, 0.6) is 0 Å². The van der Waals surface area contributed by atoms with Crippen LogP contribution in [0.2, 0.25) is 0 Å². The summed E-state index contributed by atoms with van der Waals surface area (Å²) in [7, 11) is 0. The molecule has 0 bridgehead atoms. The van der Waals surface area contributed by atoms with Crippen LogP contribution in [-0.2, 0) is 11.2 Å². The Morgan fingerprint density at radius 1 is 1.75 bits per heavy atom. The average molecular weight is 204 g/mol. The van der Waals surface area contributed by atoms with Crippen LogP contribution in [0.25, 0.3) is 0 Å². The number of thiol groups is 1. The van der Waals surface area contributed by atoms with E-state index >= 15 is 0 Å². The van der Waals surface area contributed by atoms with Crippen LogP contribution in [0.4, 0.5) is 0 Å². The number of carboxylic acids is 1. The maximum absolute atomic E-state index is 9.00. The Morgan fingerprint density at radius 3 is 2.67 bits per heavy atom. The Labute approximate surface area is 81.6 Å². The molecule has 2 nitrogen and oxygen atoms in total. The van der Waals surface area contributed by atoms with Gasteiger partial charge < -0.3 is 5.11 Å². The highest BCUT2D eigenvalue weighted by molar-refractivity contribution is 7.80. The fourth-order valence-electron chi connectivity index (χ4n) is 0.565. The van der Waals surface area contributed by atoms with Crippen molar-refractivity contribution in [3.05, 3.63) is 22.4 Å². The van der Waals surface area contributed by atoms with Gasteiger partial charge >= 0.3 is 0 Å². The lowest BCUT2D eigenvalue weighted by atomic mass is 10.4. The molecule has 1 N–H and O–H groups in total. The number of thiophene rings is 1. The first-order valence-corrected chi connectivity index (χ1v) is 5.00. The molecule has 4 heteroatoms. The topological polar surface area (TPSA) is 37.3 Å². The molecular weight excluding hydrogens is 192 g/mol. The van der Waals surface area contributed by atoms with Crippen molar-refractivity contribution < 1.29 is 9.90 Å². The van der Waals surface area contributed by atoms with E-state index in [1.807, 2.05) is 0 Å². The highest BCUT2D eigenvalue weighted by Crippen LogP contribution is 2.08. The fraction of sp³-hybridized carbons (Fsp3) is 0.375. The van der Waals surface area contributed by atoms with Gasteiger partial charge in [0.25, 0.3) is 5.97 Å². The first-order valence-electron chi connectivity index (χ1n) is 3.49. The van der Waals surface area contributed by atoms with Crippen molar-refractivity contribution in [3.8, 4) is 0 Å². The van der Waals surface area contributed by atoms with Crippen LogP contribution in [0, 0.1) is 0 Å². The molecule has 0 saturated carbocycles. The van der Waals surface area contributed by atoms with Gasteiger partial charge in [-0.05, 0) is 23.6 Å². The summed E-state index contributed by atoms with van der Waals surface area (Å²) in [6.45, 7) is 1.08. The smallest absolute Gasteiger partial charge is 0.300 e. The number of aryl methyl sites for hydroxylation is 1. The van der Waals surface area contributed by atoms with Gasteiger partial charge in [0.1, 0.15) is 0 Å². The summed E-state index contributed by atoms with van der Waals surface area (Å²) in [5.74, 6) is 0.126. The van der Waals surface area contributed by atoms with E-state index in [1.165, 1.54) is 4.88 Å². The van der Waals surface area contributed by atoms with E-state index in [0.29, 0.717) is 0 Å². The monoisotopic (exact) mass is 204 g/mol. The minimum atomic E-state index is -0.833. The zero-order chi connectivity index (χ0) is 9.40. The number of carbonyl (C=O) groups is 1. The molecule has 0 amide bonds. The molecule has 1 rings (SSSR count). The maximum Gasteiger partial charge on any atom is 0.300 e. The molecule has 68 valence electrons. The quantitative estimate of drug-likeness (QED) is 0.725. The summed E-state index contributed by atoms with van der Waals surface area (Å²) in [4.78, 5) is 10.4. The Bertz CT molecular complexity index is 203. The van der Waals surface area contributed by atoms with E-state index in [0.717, 1.165) is 19.1 Å². The van der Waals surface area contributed by atoms with Crippen molar-refractivity contribution in [2.24, 2.45) is 0 Å². The maximum atomic E-state index is 9.00. The minimum Gasteiger partial charge on any atom is -0.481 e. The third-order valence-corrected chi connectivity index (χ3v) is 2.10. The van der Waals surface area contributed by atoms with E-state index in [9.17, 15) is 0 Å². The predicted octanol–water partition coefficient (Wildman–Crippen LogP) is 2.31. The van der Waals surface area contributed by atoms with Crippen LogP contribution in [-0.4, -0.2) is 16.8 Å². The molecule has 1 heterocycles. The zero-order valence-corrected chi connectivity index (χ0v) is 8.57. The first-order chi connectivity index (χ1) is 5.66. The highest BCUT2D eigenvalue weighted by Gasteiger charge is 1.87. The summed E-state index contributed by atoms with van der Waals surface area (Å²) in [5, 5.41) is 9.51. The van der Waals surface area contributed by atoms with Gasteiger partial charge in [0.05, 0.1) is 0 Å². The Balaban J connectivity index is 0.000000261. The molecule has 1 aromatic heterocycles. The van der Waals surface area contributed by atoms with Gasteiger partial charge in [-0.2, -0.15) is 12.6 Å². The van der Waals surface area contributed by atoms with Crippen LogP contribution in [0.3, 0.4) is 0 Å². The van der Waals surface area contributed by atoms with E-state index in [-0.39, 0.29) is 0 Å². The number of carboxylic acid groups (broad SMARTS) is 1. The van der Waals surface area contributed by atoms with Crippen LogP contribution < -0.4 is 0 Å². The van der Waals surface area contributed by atoms with Crippen LogP contribution >= 0.6 is 24.0 Å². The van der Waals surface area contributed by atoms with Gasteiger partial charge in [-0.25, -0.2) is 0 Å². The Morgan fingerprint density at radius 2 is 2.33 bits per heavy atom. The number of hydrogen-bond acceptors (Lipinski definition) is 3. The first kappa shape index (κ1) is 11.5. The minimum absolute atomic E-state index is 0.833. The van der Waals surface area contributed by atoms with Crippen molar-refractivity contribution in [2.45, 2.75) is 13.3 Å². The lowest BCUT2D eigenvalue weighted by molar-refractivity contribution is -0.134. The molecule has 1 aromatic rings. The molecule has 12 heavy (non-hydrogen) atoms. The van der Waals surface area contributed by atoms with Crippen LogP contribution in [0.15, 0.2) is 17.5 Å². The third-order valence-electron chi connectivity index (χ3n) is 0.938. The normalized spacial score (nSPS) is 8.50. The van der Waals surface area contributed by atoms with Crippen molar-refractivity contribution >= 4 is 29.9 Å². The van der Waals surface area contributed by atoms with Crippen molar-refractivity contribution in [1.29, 1.82) is 0 Å². The zero-order valence-electron chi connectivity index (χ0n) is 6.86. The molecule has 0 radical (unpaired) electrons. The van der Waals surface area contributed by atoms with E-state index < -0.39 is 5.97 Å². The standard InChI is InChI=1S/C6H8S2.C2H4O2/c7-4-3-6-2-1-5-8-6;1-2(3)4/h1-2,5,7H,3-4H2;1H3,(H,3,4). The fourth-order valence-corrected chi connectivity index (χ4v) is 1.67. The molecule has 0 aliphatic carbocycles. The summed E-state index contributed by atoms with van der Waals surface area (Å²) in [6, 6.07) is 4.21. The SMILES string of the molecule is CC(=O)O.SCCc1cccs1. The largest absolute Gasteiger partial charge is 0.481 e. The van der Waals surface area contributed by atoms with Gasteiger partial charge in [-0.3, -0.25) is 4.79 Å². The second kappa shape index (κ2) is 7.18. The molecule has 0 aliphatic heterocycles. The number of aliphatic carboxylic acids is 1. The Kier molecular flexibility index (Phi) is 6.90. The molecule has 0 spiro atoms. The summed E-state index contributed by atoms with van der Waals surface area (Å²) in [6.07, 6.45) is 1.11. The number of hydrogen-bond donors (Lipinski definition) is 2. The molecule has 0 unspecified atom stereocenters. The molecule has 0 fully saturated rings. The second-order valence-corrected chi connectivity index (χ2v) is 3.55. The lowest BCUT2D eigenvalue weighted by Crippen LogP contribution is -1.78. The molecule has 0 aromatic carbocycles.